The van der Waals surface area contributed by atoms with E-state index >= 15 is 0 Å². The Morgan fingerprint density at radius 2 is 2.00 bits per heavy atom. The van der Waals surface area contributed by atoms with Crippen LogP contribution in [0.2, 0.25) is 0 Å². The highest BCUT2D eigenvalue weighted by atomic mass is 16.5. The predicted molar refractivity (Wildman–Crippen MR) is 76.0 cm³/mol. The fraction of sp³-hybridized carbons (Fsp3) is 0.929. The molecule has 0 spiro atoms. The van der Waals surface area contributed by atoms with Crippen LogP contribution in [0.25, 0.3) is 0 Å². The molecule has 4 nitrogen and oxygen atoms in total. The van der Waals surface area contributed by atoms with E-state index in [-0.39, 0.29) is 5.41 Å². The first-order chi connectivity index (χ1) is 8.45. The third kappa shape index (κ3) is 4.94. The zero-order valence-corrected chi connectivity index (χ0v) is 12.2. The minimum absolute atomic E-state index is 0.144. The first-order valence-corrected chi connectivity index (χ1v) is 7.01. The number of ether oxygens (including phenoxy) is 1. The van der Waals surface area contributed by atoms with Crippen molar-refractivity contribution >= 4 is 5.84 Å². The molecule has 1 aliphatic rings. The quantitative estimate of drug-likeness (QED) is 0.541. The average molecular weight is 255 g/mol. The van der Waals surface area contributed by atoms with Gasteiger partial charge in [-0.1, -0.05) is 13.8 Å². The molecule has 1 heterocycles. The van der Waals surface area contributed by atoms with E-state index < -0.39 is 0 Å². The molecule has 1 rings (SSSR count). The van der Waals surface area contributed by atoms with Crippen LogP contribution in [0.15, 0.2) is 0 Å². The molecule has 0 bridgehead atoms. The van der Waals surface area contributed by atoms with Gasteiger partial charge in [0.1, 0.15) is 0 Å². The highest BCUT2D eigenvalue weighted by Gasteiger charge is 2.23. The van der Waals surface area contributed by atoms with Crippen molar-refractivity contribution in [3.63, 3.8) is 0 Å². The Morgan fingerprint density at radius 1 is 1.39 bits per heavy atom. The maximum absolute atomic E-state index is 7.54. The van der Waals surface area contributed by atoms with Gasteiger partial charge in [-0.05, 0) is 51.2 Å². The normalized spacial score (nSPS) is 19.1. The monoisotopic (exact) mass is 255 g/mol. The Balaban J connectivity index is 2.16. The van der Waals surface area contributed by atoms with Gasteiger partial charge in [-0.3, -0.25) is 5.41 Å². The van der Waals surface area contributed by atoms with Crippen molar-refractivity contribution in [1.29, 1.82) is 5.41 Å². The molecule has 0 saturated carbocycles. The summed E-state index contributed by atoms with van der Waals surface area (Å²) in [7, 11) is 1.79. The Bertz CT molecular complexity index is 258. The second-order valence-corrected chi connectivity index (χ2v) is 6.14. The molecule has 0 atom stereocenters. The largest absolute Gasteiger partial charge is 0.387 e. The molecule has 18 heavy (non-hydrogen) atoms. The molecule has 106 valence electrons. The van der Waals surface area contributed by atoms with Crippen LogP contribution >= 0.6 is 0 Å². The summed E-state index contributed by atoms with van der Waals surface area (Å²) in [6.07, 6.45) is 4.63. The Morgan fingerprint density at radius 3 is 2.50 bits per heavy atom. The number of rotatable bonds is 7. The van der Waals surface area contributed by atoms with Gasteiger partial charge in [0.15, 0.2) is 0 Å². The standard InChI is InChI=1S/C14H29N3O/c1-14(2,13(15)16)7-4-8-17-9-5-12(6-10-17)11-18-3/h12H,4-11H2,1-3H3,(H3,15,16). The van der Waals surface area contributed by atoms with Gasteiger partial charge in [0.05, 0.1) is 5.84 Å². The summed E-state index contributed by atoms with van der Waals surface area (Å²) in [6.45, 7) is 8.53. The van der Waals surface area contributed by atoms with E-state index in [1.807, 2.05) is 0 Å². The third-order valence-corrected chi connectivity index (χ3v) is 4.11. The molecular weight excluding hydrogens is 226 g/mol. The molecule has 1 saturated heterocycles. The molecule has 0 aromatic rings. The van der Waals surface area contributed by atoms with Crippen LogP contribution in [0.5, 0.6) is 0 Å². The number of nitrogens with two attached hydrogens (primary N) is 1. The van der Waals surface area contributed by atoms with Crippen molar-refractivity contribution in [1.82, 2.24) is 4.90 Å². The smallest absolute Gasteiger partial charge is 0.0963 e. The zero-order valence-electron chi connectivity index (χ0n) is 12.2. The lowest BCUT2D eigenvalue weighted by Gasteiger charge is -2.32. The number of methoxy groups -OCH3 is 1. The summed E-state index contributed by atoms with van der Waals surface area (Å²) in [4.78, 5) is 2.53. The van der Waals surface area contributed by atoms with Crippen LogP contribution in [0.3, 0.4) is 0 Å². The predicted octanol–water partition coefficient (Wildman–Crippen LogP) is 2.09. The van der Waals surface area contributed by atoms with E-state index in [0.717, 1.165) is 31.9 Å². The number of nitrogens with one attached hydrogen (secondary N) is 1. The molecule has 0 aromatic carbocycles. The van der Waals surface area contributed by atoms with E-state index in [4.69, 9.17) is 15.9 Å². The second kappa shape index (κ2) is 7.10. The fourth-order valence-corrected chi connectivity index (χ4v) is 2.49. The highest BCUT2D eigenvalue weighted by Crippen LogP contribution is 2.23. The lowest BCUT2D eigenvalue weighted by molar-refractivity contribution is 0.0981. The number of hydrogen-bond donors (Lipinski definition) is 2. The molecule has 0 unspecified atom stereocenters. The van der Waals surface area contributed by atoms with Crippen molar-refractivity contribution in [2.45, 2.75) is 39.5 Å². The Hall–Kier alpha value is -0.610. The first-order valence-electron chi connectivity index (χ1n) is 7.01. The van der Waals surface area contributed by atoms with Gasteiger partial charge in [-0.15, -0.1) is 0 Å². The van der Waals surface area contributed by atoms with Gasteiger partial charge in [-0.2, -0.15) is 0 Å². The van der Waals surface area contributed by atoms with Gasteiger partial charge in [0.25, 0.3) is 0 Å². The van der Waals surface area contributed by atoms with Crippen LogP contribution in [0, 0.1) is 16.7 Å². The zero-order chi connectivity index (χ0) is 13.6. The van der Waals surface area contributed by atoms with Gasteiger partial charge in [0.2, 0.25) is 0 Å². The number of hydrogen-bond acceptors (Lipinski definition) is 3. The average Bonchev–Trinajstić information content (AvgIpc) is 2.31. The lowest BCUT2D eigenvalue weighted by Crippen LogP contribution is -2.37. The van der Waals surface area contributed by atoms with E-state index in [0.29, 0.717) is 5.84 Å². The fourth-order valence-electron chi connectivity index (χ4n) is 2.49. The molecule has 0 amide bonds. The molecule has 0 radical (unpaired) electrons. The number of amidine groups is 1. The molecule has 0 aliphatic carbocycles. The highest BCUT2D eigenvalue weighted by molar-refractivity contribution is 5.82. The van der Waals surface area contributed by atoms with Gasteiger partial charge in [0, 0.05) is 19.1 Å². The van der Waals surface area contributed by atoms with Crippen molar-refractivity contribution in [2.75, 3.05) is 33.4 Å². The summed E-state index contributed by atoms with van der Waals surface area (Å²) in [5.74, 6) is 1.06. The minimum atomic E-state index is -0.144. The lowest BCUT2D eigenvalue weighted by atomic mass is 9.86. The molecule has 4 heteroatoms. The number of nitrogens with zero attached hydrogens (tertiary/aromatic N) is 1. The van der Waals surface area contributed by atoms with Gasteiger partial charge in [-0.25, -0.2) is 0 Å². The van der Waals surface area contributed by atoms with Crippen LogP contribution in [0.1, 0.15) is 39.5 Å². The topological polar surface area (TPSA) is 62.3 Å². The summed E-state index contributed by atoms with van der Waals surface area (Å²) in [6, 6.07) is 0. The van der Waals surface area contributed by atoms with Crippen LogP contribution in [-0.2, 0) is 4.74 Å². The van der Waals surface area contributed by atoms with Gasteiger partial charge >= 0.3 is 0 Å². The van der Waals surface area contributed by atoms with Crippen LogP contribution in [-0.4, -0.2) is 44.1 Å². The Kier molecular flexibility index (Phi) is 6.09. The van der Waals surface area contributed by atoms with Crippen molar-refractivity contribution < 1.29 is 4.74 Å². The maximum Gasteiger partial charge on any atom is 0.0963 e. The molecule has 1 fully saturated rings. The summed E-state index contributed by atoms with van der Waals surface area (Å²) >= 11 is 0. The van der Waals surface area contributed by atoms with E-state index in [1.54, 1.807) is 7.11 Å². The van der Waals surface area contributed by atoms with Crippen molar-refractivity contribution in [2.24, 2.45) is 17.1 Å². The molecule has 3 N–H and O–H groups in total. The van der Waals surface area contributed by atoms with Crippen LogP contribution in [0.4, 0.5) is 0 Å². The summed E-state index contributed by atoms with van der Waals surface area (Å²) in [5, 5.41) is 7.54. The SMILES string of the molecule is COCC1CCN(CCCC(C)(C)C(=N)N)CC1. The van der Waals surface area contributed by atoms with Crippen molar-refractivity contribution in [3.05, 3.63) is 0 Å². The van der Waals surface area contributed by atoms with Crippen molar-refractivity contribution in [3.8, 4) is 0 Å². The third-order valence-electron chi connectivity index (χ3n) is 4.11. The second-order valence-electron chi connectivity index (χ2n) is 6.14. The summed E-state index contributed by atoms with van der Waals surface area (Å²) < 4.78 is 5.21. The Labute approximate surface area is 111 Å². The van der Waals surface area contributed by atoms with Gasteiger partial charge < -0.3 is 15.4 Å². The number of piperidine rings is 1. The molecule has 0 aromatic heterocycles. The maximum atomic E-state index is 7.54. The van der Waals surface area contributed by atoms with E-state index in [2.05, 4.69) is 18.7 Å². The van der Waals surface area contributed by atoms with Crippen LogP contribution < -0.4 is 5.73 Å². The summed E-state index contributed by atoms with van der Waals surface area (Å²) in [5.41, 5.74) is 5.45. The number of likely N-dealkylation sites (tertiary alicyclic amines) is 1. The van der Waals surface area contributed by atoms with E-state index in [1.165, 1.54) is 25.9 Å². The molecule has 1 aliphatic heterocycles. The first kappa shape index (κ1) is 15.4. The minimum Gasteiger partial charge on any atom is -0.387 e. The van der Waals surface area contributed by atoms with E-state index in [9.17, 15) is 0 Å². The molecular formula is C14H29N3O.